The van der Waals surface area contributed by atoms with Crippen molar-refractivity contribution < 1.29 is 13.6 Å². The minimum absolute atomic E-state index is 0.00599. The van der Waals surface area contributed by atoms with E-state index in [1.807, 2.05) is 0 Å². The van der Waals surface area contributed by atoms with Gasteiger partial charge in [0.2, 0.25) is 0 Å². The number of benzene rings is 2. The molecule has 0 aliphatic rings. The number of hydrogen-bond donors (Lipinski definition) is 2. The van der Waals surface area contributed by atoms with Crippen LogP contribution in [-0.4, -0.2) is 5.91 Å². The minimum atomic E-state index is -0.714. The molecule has 0 unspecified atom stereocenters. The Morgan fingerprint density at radius 1 is 1.06 bits per heavy atom. The summed E-state index contributed by atoms with van der Waals surface area (Å²) in [6, 6.07) is 9.53. The molecule has 2 nitrogen and oxygen atoms in total. The Bertz CT molecular complexity index is 601. The summed E-state index contributed by atoms with van der Waals surface area (Å²) < 4.78 is 26.8. The lowest BCUT2D eigenvalue weighted by Crippen LogP contribution is -2.14. The molecule has 2 aromatic carbocycles. The fourth-order valence-corrected chi connectivity index (χ4v) is 1.64. The van der Waals surface area contributed by atoms with Gasteiger partial charge >= 0.3 is 0 Å². The van der Waals surface area contributed by atoms with Gasteiger partial charge in [0, 0.05) is 4.90 Å². The number of nitrogens with one attached hydrogen (secondary N) is 1. The molecule has 2 aromatic rings. The number of amides is 1. The molecule has 1 N–H and O–H groups in total. The molecule has 92 valence electrons. The molecule has 0 aromatic heterocycles. The summed E-state index contributed by atoms with van der Waals surface area (Å²) in [5.41, 5.74) is -0.169. The van der Waals surface area contributed by atoms with Crippen molar-refractivity contribution in [2.45, 2.75) is 4.90 Å². The Kier molecular flexibility index (Phi) is 3.62. The van der Waals surface area contributed by atoms with Gasteiger partial charge in [0.15, 0.2) is 0 Å². The Morgan fingerprint density at radius 3 is 2.50 bits per heavy atom. The Balaban J connectivity index is 2.28. The molecule has 0 fully saturated rings. The molecule has 0 saturated heterocycles. The van der Waals surface area contributed by atoms with E-state index in [0.29, 0.717) is 4.90 Å². The monoisotopic (exact) mass is 265 g/mol. The van der Waals surface area contributed by atoms with Gasteiger partial charge in [0.25, 0.3) is 5.91 Å². The molecule has 2 rings (SSSR count). The highest BCUT2D eigenvalue weighted by Gasteiger charge is 2.13. The van der Waals surface area contributed by atoms with Crippen molar-refractivity contribution in [2.75, 3.05) is 5.32 Å². The summed E-state index contributed by atoms with van der Waals surface area (Å²) in [4.78, 5) is 12.2. The standard InChI is InChI=1S/C13H9F2NOS/c14-10-6-5-8(18)7-9(10)13(17)16-12-4-2-1-3-11(12)15/h1-7,18H,(H,16,17). The zero-order valence-corrected chi connectivity index (χ0v) is 10.0. The predicted molar refractivity (Wildman–Crippen MR) is 68.0 cm³/mol. The quantitative estimate of drug-likeness (QED) is 0.799. The number of hydrogen-bond acceptors (Lipinski definition) is 2. The summed E-state index contributed by atoms with van der Waals surface area (Å²) >= 11 is 4.02. The fourth-order valence-electron chi connectivity index (χ4n) is 1.44. The highest BCUT2D eigenvalue weighted by atomic mass is 32.1. The molecule has 18 heavy (non-hydrogen) atoms. The van der Waals surface area contributed by atoms with E-state index in [4.69, 9.17) is 0 Å². The van der Waals surface area contributed by atoms with E-state index < -0.39 is 17.5 Å². The average molecular weight is 265 g/mol. The van der Waals surface area contributed by atoms with Gasteiger partial charge in [-0.25, -0.2) is 8.78 Å². The van der Waals surface area contributed by atoms with Crippen LogP contribution in [0.3, 0.4) is 0 Å². The van der Waals surface area contributed by atoms with Crippen molar-refractivity contribution in [3.8, 4) is 0 Å². The Labute approximate surface area is 108 Å². The van der Waals surface area contributed by atoms with Gasteiger partial charge in [-0.05, 0) is 30.3 Å². The normalized spacial score (nSPS) is 10.2. The number of carbonyl (C=O) groups is 1. The largest absolute Gasteiger partial charge is 0.319 e. The molecular formula is C13H9F2NOS. The van der Waals surface area contributed by atoms with Gasteiger partial charge in [-0.2, -0.15) is 0 Å². The van der Waals surface area contributed by atoms with Gasteiger partial charge in [-0.15, -0.1) is 12.6 Å². The number of rotatable bonds is 2. The fraction of sp³-hybridized carbons (Fsp3) is 0. The number of anilines is 1. The molecule has 0 heterocycles. The van der Waals surface area contributed by atoms with Crippen LogP contribution in [0.1, 0.15) is 10.4 Å². The van der Waals surface area contributed by atoms with Gasteiger partial charge in [0.05, 0.1) is 11.3 Å². The molecule has 0 atom stereocenters. The Morgan fingerprint density at radius 2 is 1.78 bits per heavy atom. The third-order valence-corrected chi connectivity index (χ3v) is 2.59. The van der Waals surface area contributed by atoms with E-state index in [2.05, 4.69) is 17.9 Å². The molecule has 0 spiro atoms. The van der Waals surface area contributed by atoms with E-state index in [-0.39, 0.29) is 11.3 Å². The molecular weight excluding hydrogens is 256 g/mol. The van der Waals surface area contributed by atoms with Gasteiger partial charge in [-0.3, -0.25) is 4.79 Å². The first-order valence-electron chi connectivity index (χ1n) is 5.12. The summed E-state index contributed by atoms with van der Waals surface area (Å²) in [7, 11) is 0. The van der Waals surface area contributed by atoms with Crippen LogP contribution in [0.2, 0.25) is 0 Å². The first kappa shape index (κ1) is 12.6. The lowest BCUT2D eigenvalue weighted by atomic mass is 10.2. The molecule has 0 bridgehead atoms. The minimum Gasteiger partial charge on any atom is -0.319 e. The highest BCUT2D eigenvalue weighted by Crippen LogP contribution is 2.17. The predicted octanol–water partition coefficient (Wildman–Crippen LogP) is 3.51. The second kappa shape index (κ2) is 5.18. The van der Waals surface area contributed by atoms with Crippen LogP contribution in [0.25, 0.3) is 0 Å². The van der Waals surface area contributed by atoms with E-state index in [0.717, 1.165) is 6.07 Å². The van der Waals surface area contributed by atoms with E-state index in [1.165, 1.54) is 30.3 Å². The number of halogens is 2. The molecule has 0 radical (unpaired) electrons. The van der Waals surface area contributed by atoms with E-state index in [9.17, 15) is 13.6 Å². The summed E-state index contributed by atoms with van der Waals surface area (Å²) in [6.45, 7) is 0. The third kappa shape index (κ3) is 2.68. The highest BCUT2D eigenvalue weighted by molar-refractivity contribution is 7.80. The van der Waals surface area contributed by atoms with Crippen molar-refractivity contribution >= 4 is 24.2 Å². The second-order valence-corrected chi connectivity index (χ2v) is 4.11. The van der Waals surface area contributed by atoms with E-state index >= 15 is 0 Å². The van der Waals surface area contributed by atoms with Crippen molar-refractivity contribution in [1.82, 2.24) is 0 Å². The van der Waals surface area contributed by atoms with Crippen LogP contribution in [0.4, 0.5) is 14.5 Å². The molecule has 0 saturated carbocycles. The van der Waals surface area contributed by atoms with Crippen molar-refractivity contribution in [2.24, 2.45) is 0 Å². The van der Waals surface area contributed by atoms with Crippen LogP contribution in [0.5, 0.6) is 0 Å². The average Bonchev–Trinajstić information content (AvgIpc) is 2.35. The second-order valence-electron chi connectivity index (χ2n) is 3.60. The molecule has 1 amide bonds. The molecule has 0 aliphatic heterocycles. The first-order chi connectivity index (χ1) is 8.58. The number of carbonyl (C=O) groups excluding carboxylic acids is 1. The van der Waals surface area contributed by atoms with Crippen LogP contribution < -0.4 is 5.32 Å². The van der Waals surface area contributed by atoms with Gasteiger partial charge in [0.1, 0.15) is 11.6 Å². The summed E-state index contributed by atoms with van der Waals surface area (Å²) in [5.74, 6) is -1.97. The zero-order valence-electron chi connectivity index (χ0n) is 9.15. The Hall–Kier alpha value is -1.88. The van der Waals surface area contributed by atoms with E-state index in [1.54, 1.807) is 6.07 Å². The number of para-hydroxylation sites is 1. The lowest BCUT2D eigenvalue weighted by Gasteiger charge is -2.07. The van der Waals surface area contributed by atoms with Crippen molar-refractivity contribution in [3.05, 3.63) is 59.7 Å². The van der Waals surface area contributed by atoms with Crippen molar-refractivity contribution in [3.63, 3.8) is 0 Å². The van der Waals surface area contributed by atoms with Gasteiger partial charge < -0.3 is 5.32 Å². The summed E-state index contributed by atoms with van der Waals surface area (Å²) in [5, 5.41) is 2.31. The SMILES string of the molecule is O=C(Nc1ccccc1F)c1cc(S)ccc1F. The molecule has 5 heteroatoms. The smallest absolute Gasteiger partial charge is 0.258 e. The zero-order chi connectivity index (χ0) is 13.1. The topological polar surface area (TPSA) is 29.1 Å². The van der Waals surface area contributed by atoms with Crippen LogP contribution in [-0.2, 0) is 0 Å². The van der Waals surface area contributed by atoms with Crippen LogP contribution >= 0.6 is 12.6 Å². The maximum atomic E-state index is 13.4. The lowest BCUT2D eigenvalue weighted by molar-refractivity contribution is 0.102. The maximum Gasteiger partial charge on any atom is 0.258 e. The van der Waals surface area contributed by atoms with Crippen LogP contribution in [0, 0.1) is 11.6 Å². The third-order valence-electron chi connectivity index (χ3n) is 2.32. The van der Waals surface area contributed by atoms with Crippen LogP contribution in [0.15, 0.2) is 47.4 Å². The first-order valence-corrected chi connectivity index (χ1v) is 5.57. The van der Waals surface area contributed by atoms with Gasteiger partial charge in [-0.1, -0.05) is 12.1 Å². The molecule has 0 aliphatic carbocycles. The number of thiol groups is 1. The van der Waals surface area contributed by atoms with Crippen molar-refractivity contribution in [1.29, 1.82) is 0 Å². The summed E-state index contributed by atoms with van der Waals surface area (Å²) in [6.07, 6.45) is 0. The maximum absolute atomic E-state index is 13.4.